The van der Waals surface area contributed by atoms with E-state index in [1.807, 2.05) is 18.2 Å². The SMILES string of the molecule is CN(C)C(=O)Oc1ccc2cccnc2n1. The number of ether oxygens (including phenoxy) is 1. The van der Waals surface area contributed by atoms with Gasteiger partial charge in [-0.15, -0.1) is 0 Å². The highest BCUT2D eigenvalue weighted by molar-refractivity contribution is 5.76. The van der Waals surface area contributed by atoms with E-state index in [2.05, 4.69) is 9.97 Å². The molecule has 0 bridgehead atoms. The number of amides is 1. The van der Waals surface area contributed by atoms with E-state index < -0.39 is 6.09 Å². The van der Waals surface area contributed by atoms with Crippen molar-refractivity contribution in [2.45, 2.75) is 0 Å². The number of hydrogen-bond donors (Lipinski definition) is 0. The Morgan fingerprint density at radius 2 is 2.12 bits per heavy atom. The second-order valence-corrected chi connectivity index (χ2v) is 3.46. The maximum atomic E-state index is 11.3. The van der Waals surface area contributed by atoms with Crippen molar-refractivity contribution in [1.82, 2.24) is 14.9 Å². The van der Waals surface area contributed by atoms with Crippen molar-refractivity contribution >= 4 is 17.1 Å². The number of pyridine rings is 2. The molecular weight excluding hydrogens is 206 g/mol. The first-order valence-corrected chi connectivity index (χ1v) is 4.78. The van der Waals surface area contributed by atoms with Crippen LogP contribution in [0, 0.1) is 0 Å². The molecule has 0 radical (unpaired) electrons. The van der Waals surface area contributed by atoms with Gasteiger partial charge in [0.1, 0.15) is 0 Å². The van der Waals surface area contributed by atoms with Crippen LogP contribution in [0.3, 0.4) is 0 Å². The normalized spacial score (nSPS) is 10.1. The van der Waals surface area contributed by atoms with Crippen molar-refractivity contribution in [2.75, 3.05) is 14.1 Å². The average Bonchev–Trinajstić information content (AvgIpc) is 2.28. The Balaban J connectivity index is 2.29. The molecule has 0 aromatic carbocycles. The molecule has 0 fully saturated rings. The van der Waals surface area contributed by atoms with Crippen molar-refractivity contribution < 1.29 is 9.53 Å². The lowest BCUT2D eigenvalue weighted by Gasteiger charge is -2.09. The van der Waals surface area contributed by atoms with Gasteiger partial charge in [0.15, 0.2) is 5.65 Å². The van der Waals surface area contributed by atoms with E-state index in [9.17, 15) is 4.79 Å². The number of carbonyl (C=O) groups is 1. The van der Waals surface area contributed by atoms with Crippen molar-refractivity contribution in [2.24, 2.45) is 0 Å². The standard InChI is InChI=1S/C11H11N3O2/c1-14(2)11(15)16-9-6-5-8-4-3-7-12-10(8)13-9/h3-7H,1-2H3. The number of nitrogens with zero attached hydrogens (tertiary/aromatic N) is 3. The van der Waals surface area contributed by atoms with Crippen LogP contribution >= 0.6 is 0 Å². The van der Waals surface area contributed by atoms with Gasteiger partial charge in [-0.2, -0.15) is 4.98 Å². The quantitative estimate of drug-likeness (QED) is 0.729. The van der Waals surface area contributed by atoms with Crippen LogP contribution < -0.4 is 4.74 Å². The predicted molar refractivity (Wildman–Crippen MR) is 59.2 cm³/mol. The van der Waals surface area contributed by atoms with Crippen molar-refractivity contribution in [3.63, 3.8) is 0 Å². The van der Waals surface area contributed by atoms with Gasteiger partial charge in [0, 0.05) is 31.7 Å². The first kappa shape index (κ1) is 10.4. The molecule has 0 aliphatic carbocycles. The van der Waals surface area contributed by atoms with Crippen LogP contribution in [0.15, 0.2) is 30.5 Å². The summed E-state index contributed by atoms with van der Waals surface area (Å²) in [6, 6.07) is 7.18. The van der Waals surface area contributed by atoms with E-state index in [1.165, 1.54) is 4.90 Å². The zero-order valence-electron chi connectivity index (χ0n) is 9.04. The summed E-state index contributed by atoms with van der Waals surface area (Å²) in [5, 5.41) is 0.909. The van der Waals surface area contributed by atoms with Crippen molar-refractivity contribution in [1.29, 1.82) is 0 Å². The number of fused-ring (bicyclic) bond motifs is 1. The second kappa shape index (κ2) is 4.14. The van der Waals surface area contributed by atoms with Gasteiger partial charge in [0.05, 0.1) is 0 Å². The Bertz CT molecular complexity index is 525. The van der Waals surface area contributed by atoms with Crippen LogP contribution in [0.5, 0.6) is 5.88 Å². The Hall–Kier alpha value is -2.17. The lowest BCUT2D eigenvalue weighted by atomic mass is 10.3. The monoisotopic (exact) mass is 217 g/mol. The van der Waals surface area contributed by atoms with E-state index in [0.29, 0.717) is 5.65 Å². The third-order valence-electron chi connectivity index (χ3n) is 2.00. The molecule has 0 aliphatic rings. The average molecular weight is 217 g/mol. The summed E-state index contributed by atoms with van der Waals surface area (Å²) in [7, 11) is 3.23. The minimum atomic E-state index is -0.456. The smallest absolute Gasteiger partial charge is 0.391 e. The molecule has 2 heterocycles. The van der Waals surface area contributed by atoms with Crippen molar-refractivity contribution in [3.8, 4) is 5.88 Å². The topological polar surface area (TPSA) is 55.3 Å². The minimum Gasteiger partial charge on any atom is -0.391 e. The minimum absolute atomic E-state index is 0.255. The third-order valence-corrected chi connectivity index (χ3v) is 2.00. The third kappa shape index (κ3) is 2.08. The molecule has 0 saturated heterocycles. The first-order chi connectivity index (χ1) is 7.66. The Morgan fingerprint density at radius 1 is 1.31 bits per heavy atom. The predicted octanol–water partition coefficient (Wildman–Crippen LogP) is 1.69. The first-order valence-electron chi connectivity index (χ1n) is 4.78. The summed E-state index contributed by atoms with van der Waals surface area (Å²) in [5.74, 6) is 0.255. The summed E-state index contributed by atoms with van der Waals surface area (Å²) in [4.78, 5) is 20.8. The Morgan fingerprint density at radius 3 is 2.88 bits per heavy atom. The van der Waals surface area contributed by atoms with E-state index in [0.717, 1.165) is 5.39 Å². The highest BCUT2D eigenvalue weighted by Crippen LogP contribution is 2.14. The van der Waals surface area contributed by atoms with Gasteiger partial charge in [0.2, 0.25) is 5.88 Å². The molecule has 5 nitrogen and oxygen atoms in total. The fraction of sp³-hybridized carbons (Fsp3) is 0.182. The van der Waals surface area contributed by atoms with E-state index in [-0.39, 0.29) is 5.88 Å². The molecule has 0 atom stereocenters. The van der Waals surface area contributed by atoms with Crippen LogP contribution in [0.1, 0.15) is 0 Å². The number of rotatable bonds is 1. The van der Waals surface area contributed by atoms with Gasteiger partial charge in [0.25, 0.3) is 0 Å². The maximum absolute atomic E-state index is 11.3. The van der Waals surface area contributed by atoms with Crippen LogP contribution in [0.4, 0.5) is 4.79 Å². The number of hydrogen-bond acceptors (Lipinski definition) is 4. The number of aromatic nitrogens is 2. The van der Waals surface area contributed by atoms with Crippen LogP contribution in [-0.4, -0.2) is 35.1 Å². The number of carbonyl (C=O) groups excluding carboxylic acids is 1. The molecule has 2 aromatic heterocycles. The summed E-state index contributed by atoms with van der Waals surface area (Å²) >= 11 is 0. The van der Waals surface area contributed by atoms with Gasteiger partial charge < -0.3 is 9.64 Å². The van der Waals surface area contributed by atoms with Gasteiger partial charge >= 0.3 is 6.09 Å². The molecule has 16 heavy (non-hydrogen) atoms. The van der Waals surface area contributed by atoms with E-state index in [1.54, 1.807) is 26.4 Å². The maximum Gasteiger partial charge on any atom is 0.416 e. The molecule has 2 rings (SSSR count). The summed E-state index contributed by atoms with van der Waals surface area (Å²) < 4.78 is 5.02. The molecule has 5 heteroatoms. The summed E-state index contributed by atoms with van der Waals surface area (Å²) in [6.45, 7) is 0. The lowest BCUT2D eigenvalue weighted by molar-refractivity contribution is 0.170. The molecule has 2 aromatic rings. The van der Waals surface area contributed by atoms with E-state index in [4.69, 9.17) is 4.74 Å². The van der Waals surface area contributed by atoms with Crippen LogP contribution in [-0.2, 0) is 0 Å². The largest absolute Gasteiger partial charge is 0.416 e. The molecule has 0 spiro atoms. The van der Waals surface area contributed by atoms with E-state index >= 15 is 0 Å². The fourth-order valence-electron chi connectivity index (χ4n) is 1.17. The van der Waals surface area contributed by atoms with Crippen molar-refractivity contribution in [3.05, 3.63) is 30.5 Å². The Labute approximate surface area is 92.7 Å². The lowest BCUT2D eigenvalue weighted by Crippen LogP contribution is -2.25. The molecule has 0 saturated carbocycles. The molecule has 0 unspecified atom stereocenters. The fourth-order valence-corrected chi connectivity index (χ4v) is 1.17. The molecule has 0 N–H and O–H groups in total. The van der Waals surface area contributed by atoms with Crippen LogP contribution in [0.25, 0.3) is 11.0 Å². The highest BCUT2D eigenvalue weighted by Gasteiger charge is 2.08. The van der Waals surface area contributed by atoms with Gasteiger partial charge in [-0.05, 0) is 18.2 Å². The zero-order chi connectivity index (χ0) is 11.5. The summed E-state index contributed by atoms with van der Waals surface area (Å²) in [6.07, 6.45) is 1.19. The molecule has 0 aliphatic heterocycles. The second-order valence-electron chi connectivity index (χ2n) is 3.46. The molecular formula is C11H11N3O2. The summed E-state index contributed by atoms with van der Waals surface area (Å²) in [5.41, 5.74) is 0.562. The van der Waals surface area contributed by atoms with Gasteiger partial charge in [-0.1, -0.05) is 0 Å². The van der Waals surface area contributed by atoms with Gasteiger partial charge in [-0.3, -0.25) is 0 Å². The Kier molecular flexibility index (Phi) is 2.68. The highest BCUT2D eigenvalue weighted by atomic mass is 16.6. The molecule has 82 valence electrons. The molecule has 1 amide bonds. The van der Waals surface area contributed by atoms with Gasteiger partial charge in [-0.25, -0.2) is 9.78 Å². The zero-order valence-corrected chi connectivity index (χ0v) is 9.04. The van der Waals surface area contributed by atoms with Crippen LogP contribution in [0.2, 0.25) is 0 Å².